The van der Waals surface area contributed by atoms with Crippen molar-refractivity contribution in [3.63, 3.8) is 0 Å². The topological polar surface area (TPSA) is 70.9 Å². The molecule has 0 N–H and O–H groups in total. The first-order chi connectivity index (χ1) is 15.5. The van der Waals surface area contributed by atoms with E-state index in [2.05, 4.69) is 22.1 Å². The molecular weight excluding hydrogens is 406 g/mol. The highest BCUT2D eigenvalue weighted by molar-refractivity contribution is 5.91. The highest BCUT2D eigenvalue weighted by atomic mass is 16.5. The van der Waals surface area contributed by atoms with Gasteiger partial charge in [-0.2, -0.15) is 9.78 Å². The molecule has 8 nitrogen and oxygen atoms in total. The maximum Gasteiger partial charge on any atom is 0.344 e. The van der Waals surface area contributed by atoms with Crippen LogP contribution in [0.3, 0.4) is 0 Å². The number of ether oxygens (including phenoxy) is 1. The van der Waals surface area contributed by atoms with E-state index in [9.17, 15) is 9.59 Å². The zero-order valence-electron chi connectivity index (χ0n) is 18.3. The highest BCUT2D eigenvalue weighted by Gasteiger charge is 2.23. The van der Waals surface area contributed by atoms with Gasteiger partial charge >= 0.3 is 6.03 Å². The van der Waals surface area contributed by atoms with E-state index in [1.54, 1.807) is 18.1 Å². The van der Waals surface area contributed by atoms with E-state index < -0.39 is 0 Å². The van der Waals surface area contributed by atoms with Crippen LogP contribution in [0.1, 0.15) is 12.5 Å². The summed E-state index contributed by atoms with van der Waals surface area (Å²) in [7, 11) is 1.66. The molecule has 0 spiro atoms. The number of aromatic nitrogens is 2. The summed E-state index contributed by atoms with van der Waals surface area (Å²) in [5.74, 6) is 1.52. The lowest BCUT2D eigenvalue weighted by molar-refractivity contribution is -0.116. The molecule has 4 rings (SSSR count). The van der Waals surface area contributed by atoms with Crippen molar-refractivity contribution in [2.75, 3.05) is 38.1 Å². The fourth-order valence-electron chi connectivity index (χ4n) is 3.61. The van der Waals surface area contributed by atoms with Gasteiger partial charge < -0.3 is 14.5 Å². The second-order valence-corrected chi connectivity index (χ2v) is 7.83. The summed E-state index contributed by atoms with van der Waals surface area (Å²) in [5, 5.41) is 4.13. The molecule has 32 heavy (non-hydrogen) atoms. The first kappa shape index (κ1) is 21.6. The molecule has 3 aromatic rings. The van der Waals surface area contributed by atoms with Crippen LogP contribution in [0.2, 0.25) is 0 Å². The number of rotatable bonds is 5. The van der Waals surface area contributed by atoms with E-state index in [4.69, 9.17) is 4.74 Å². The molecule has 2 aromatic carbocycles. The van der Waals surface area contributed by atoms with E-state index in [0.29, 0.717) is 18.8 Å². The lowest BCUT2D eigenvalue weighted by atomic mass is 10.2. The molecule has 0 radical (unpaired) electrons. The van der Waals surface area contributed by atoms with Crippen molar-refractivity contribution in [3.05, 3.63) is 72.6 Å². The van der Waals surface area contributed by atoms with E-state index >= 15 is 0 Å². The molecule has 8 heteroatoms. The quantitative estimate of drug-likeness (QED) is 0.616. The van der Waals surface area contributed by atoms with Crippen LogP contribution in [0, 0.1) is 0 Å². The van der Waals surface area contributed by atoms with E-state index in [1.165, 1.54) is 28.3 Å². The second kappa shape index (κ2) is 9.65. The average Bonchev–Trinajstić information content (AvgIpc) is 3.30. The minimum atomic E-state index is -0.175. The Labute approximate surface area is 187 Å². The van der Waals surface area contributed by atoms with Gasteiger partial charge in [0.25, 0.3) is 0 Å². The Kier molecular flexibility index (Phi) is 6.51. The molecule has 0 unspecified atom stereocenters. The highest BCUT2D eigenvalue weighted by Crippen LogP contribution is 2.22. The van der Waals surface area contributed by atoms with Crippen LogP contribution in [0.5, 0.6) is 11.5 Å². The van der Waals surface area contributed by atoms with Gasteiger partial charge in [0.15, 0.2) is 0 Å². The number of carbonyl (C=O) groups excluding carboxylic acids is 2. The predicted octanol–water partition coefficient (Wildman–Crippen LogP) is 3.44. The van der Waals surface area contributed by atoms with Crippen molar-refractivity contribution in [2.45, 2.75) is 13.5 Å². The first-order valence-corrected chi connectivity index (χ1v) is 10.6. The molecule has 0 aliphatic carbocycles. The molecular formula is C24H27N5O3. The van der Waals surface area contributed by atoms with Gasteiger partial charge in [0.05, 0.1) is 18.1 Å². The normalized spacial score (nSPS) is 14.2. The molecule has 0 atom stereocenters. The third-order valence-electron chi connectivity index (χ3n) is 5.55. The zero-order valence-corrected chi connectivity index (χ0v) is 18.3. The largest absolute Gasteiger partial charge is 0.457 e. The van der Waals surface area contributed by atoms with Gasteiger partial charge in [-0.25, -0.2) is 4.79 Å². The predicted molar refractivity (Wildman–Crippen MR) is 122 cm³/mol. The standard InChI is InChI=1S/C24H27N5O3/c1-19(30)26(2)21-16-25-29(18-21)24(31)28-13-11-27(12-14-28)17-20-7-6-10-23(15-20)32-22-8-4-3-5-9-22/h3-10,15-16,18H,11-14,17H2,1-2H3. The third-order valence-corrected chi connectivity index (χ3v) is 5.55. The van der Waals surface area contributed by atoms with Crippen LogP contribution in [0.25, 0.3) is 0 Å². The Bertz CT molecular complexity index is 1070. The SMILES string of the molecule is CC(=O)N(C)c1cnn(C(=O)N2CCN(Cc3cccc(Oc4ccccc4)c3)CC2)c1. The van der Waals surface area contributed by atoms with Crippen molar-refractivity contribution >= 4 is 17.6 Å². The van der Waals surface area contributed by atoms with Gasteiger partial charge in [-0.1, -0.05) is 30.3 Å². The number of para-hydroxylation sites is 1. The van der Waals surface area contributed by atoms with E-state index in [1.807, 2.05) is 42.5 Å². The Morgan fingerprint density at radius 2 is 1.72 bits per heavy atom. The van der Waals surface area contributed by atoms with Gasteiger partial charge in [0.1, 0.15) is 11.5 Å². The van der Waals surface area contributed by atoms with Crippen molar-refractivity contribution in [3.8, 4) is 11.5 Å². The van der Waals surface area contributed by atoms with Gasteiger partial charge in [-0.05, 0) is 29.8 Å². The number of piperazine rings is 1. The number of carbonyl (C=O) groups is 2. The minimum absolute atomic E-state index is 0.108. The monoisotopic (exact) mass is 433 g/mol. The number of nitrogens with zero attached hydrogens (tertiary/aromatic N) is 5. The number of hydrogen-bond donors (Lipinski definition) is 0. The maximum atomic E-state index is 12.8. The third kappa shape index (κ3) is 5.15. The van der Waals surface area contributed by atoms with E-state index in [-0.39, 0.29) is 11.9 Å². The summed E-state index contributed by atoms with van der Waals surface area (Å²) in [6.45, 7) is 5.06. The fraction of sp³-hybridized carbons (Fsp3) is 0.292. The van der Waals surface area contributed by atoms with Gasteiger partial charge in [0.2, 0.25) is 5.91 Å². The van der Waals surface area contributed by atoms with Crippen molar-refractivity contribution in [2.24, 2.45) is 0 Å². The van der Waals surface area contributed by atoms with Crippen LogP contribution >= 0.6 is 0 Å². The summed E-state index contributed by atoms with van der Waals surface area (Å²) in [5.41, 5.74) is 1.77. The molecule has 1 saturated heterocycles. The van der Waals surface area contributed by atoms with Crippen molar-refractivity contribution < 1.29 is 14.3 Å². The summed E-state index contributed by atoms with van der Waals surface area (Å²) in [4.78, 5) is 29.9. The van der Waals surface area contributed by atoms with Crippen molar-refractivity contribution in [1.29, 1.82) is 0 Å². The molecule has 1 aromatic heterocycles. The first-order valence-electron chi connectivity index (χ1n) is 10.6. The van der Waals surface area contributed by atoms with Crippen LogP contribution < -0.4 is 9.64 Å². The molecule has 166 valence electrons. The summed E-state index contributed by atoms with van der Waals surface area (Å²) in [6.07, 6.45) is 3.12. The van der Waals surface area contributed by atoms with Crippen molar-refractivity contribution in [1.82, 2.24) is 19.6 Å². The molecule has 1 aliphatic rings. The molecule has 0 saturated carbocycles. The molecule has 0 bridgehead atoms. The molecule has 1 fully saturated rings. The lowest BCUT2D eigenvalue weighted by Crippen LogP contribution is -2.49. The summed E-state index contributed by atoms with van der Waals surface area (Å²) in [6, 6.07) is 17.7. The van der Waals surface area contributed by atoms with Gasteiger partial charge in [0, 0.05) is 46.7 Å². The number of anilines is 1. The Balaban J connectivity index is 1.31. The Morgan fingerprint density at radius 3 is 2.44 bits per heavy atom. The molecule has 2 amide bonds. The fourth-order valence-corrected chi connectivity index (χ4v) is 3.61. The smallest absolute Gasteiger partial charge is 0.344 e. The Morgan fingerprint density at radius 1 is 1.00 bits per heavy atom. The Hall–Kier alpha value is -3.65. The van der Waals surface area contributed by atoms with E-state index in [0.717, 1.165) is 31.1 Å². The number of benzene rings is 2. The summed E-state index contributed by atoms with van der Waals surface area (Å²) < 4.78 is 7.23. The number of amides is 2. The maximum absolute atomic E-state index is 12.8. The number of hydrogen-bond acceptors (Lipinski definition) is 5. The van der Waals surface area contributed by atoms with Crippen LogP contribution in [0.15, 0.2) is 67.0 Å². The molecule has 2 heterocycles. The van der Waals surface area contributed by atoms with Gasteiger partial charge in [-0.15, -0.1) is 0 Å². The second-order valence-electron chi connectivity index (χ2n) is 7.83. The molecule has 1 aliphatic heterocycles. The van der Waals surface area contributed by atoms with Crippen LogP contribution in [-0.4, -0.2) is 64.7 Å². The summed E-state index contributed by atoms with van der Waals surface area (Å²) >= 11 is 0. The zero-order chi connectivity index (χ0) is 22.5. The van der Waals surface area contributed by atoms with Gasteiger partial charge in [-0.3, -0.25) is 9.69 Å². The van der Waals surface area contributed by atoms with Crippen LogP contribution in [-0.2, 0) is 11.3 Å². The lowest BCUT2D eigenvalue weighted by Gasteiger charge is -2.34. The minimum Gasteiger partial charge on any atom is -0.457 e. The average molecular weight is 434 g/mol. The van der Waals surface area contributed by atoms with Crippen LogP contribution in [0.4, 0.5) is 10.5 Å².